The molecule has 0 spiro atoms. The lowest BCUT2D eigenvalue weighted by molar-refractivity contribution is -0.140. The molecular formula is C24H23ClF3N5O. The molecule has 0 bridgehead atoms. The quantitative estimate of drug-likeness (QED) is 0.389. The summed E-state index contributed by atoms with van der Waals surface area (Å²) in [5.41, 5.74) is 0.775. The molecule has 178 valence electrons. The van der Waals surface area contributed by atoms with Crippen molar-refractivity contribution in [1.82, 2.24) is 19.3 Å². The average molecular weight is 490 g/mol. The molecular weight excluding hydrogens is 467 g/mol. The molecule has 0 saturated heterocycles. The second kappa shape index (κ2) is 8.54. The molecule has 6 nitrogen and oxygen atoms in total. The lowest BCUT2D eigenvalue weighted by atomic mass is 9.91. The van der Waals surface area contributed by atoms with Gasteiger partial charge in [-0.3, -0.25) is 9.20 Å². The zero-order valence-electron chi connectivity index (χ0n) is 18.4. The van der Waals surface area contributed by atoms with Crippen LogP contribution >= 0.6 is 11.6 Å². The number of rotatable bonds is 4. The van der Waals surface area contributed by atoms with Crippen LogP contribution in [-0.2, 0) is 13.2 Å². The van der Waals surface area contributed by atoms with Gasteiger partial charge in [0.15, 0.2) is 5.69 Å². The summed E-state index contributed by atoms with van der Waals surface area (Å²) < 4.78 is 42.5. The molecule has 0 radical (unpaired) electrons. The largest absolute Gasteiger partial charge is 0.434 e. The molecule has 0 atom stereocenters. The molecule has 4 aromatic rings. The van der Waals surface area contributed by atoms with Crippen LogP contribution in [0.25, 0.3) is 16.6 Å². The Kier molecular flexibility index (Phi) is 5.67. The highest BCUT2D eigenvalue weighted by Gasteiger charge is 2.34. The van der Waals surface area contributed by atoms with Gasteiger partial charge in [0.1, 0.15) is 11.5 Å². The first-order valence-corrected chi connectivity index (χ1v) is 11.4. The van der Waals surface area contributed by atoms with Gasteiger partial charge in [0.25, 0.3) is 5.91 Å². The number of aromatic nitrogens is 3. The first-order chi connectivity index (χ1) is 16.2. The van der Waals surface area contributed by atoms with Crippen LogP contribution in [0.15, 0.2) is 48.8 Å². The van der Waals surface area contributed by atoms with Crippen LogP contribution in [0.5, 0.6) is 0 Å². The second-order valence-electron chi connectivity index (χ2n) is 8.72. The summed E-state index contributed by atoms with van der Waals surface area (Å²) in [4.78, 5) is 16.7. The van der Waals surface area contributed by atoms with E-state index in [0.29, 0.717) is 16.4 Å². The minimum absolute atomic E-state index is 0.0177. The fraction of sp³-hybridized carbons (Fsp3) is 0.333. The molecule has 0 aliphatic heterocycles. The maximum absolute atomic E-state index is 13.1. The van der Waals surface area contributed by atoms with Crippen LogP contribution in [-0.4, -0.2) is 31.9 Å². The summed E-state index contributed by atoms with van der Waals surface area (Å²) in [5.74, 6) is 0.413. The highest BCUT2D eigenvalue weighted by atomic mass is 35.5. The van der Waals surface area contributed by atoms with Crippen molar-refractivity contribution in [2.24, 2.45) is 7.05 Å². The van der Waals surface area contributed by atoms with E-state index in [1.165, 1.54) is 4.40 Å². The Balaban J connectivity index is 1.24. The number of hydrogen-bond donors (Lipinski definition) is 2. The minimum atomic E-state index is -4.49. The van der Waals surface area contributed by atoms with Gasteiger partial charge in [-0.25, -0.2) is 4.98 Å². The number of hydrogen-bond acceptors (Lipinski definition) is 3. The number of carbonyl (C=O) groups excluding carboxylic acids is 1. The first-order valence-electron chi connectivity index (χ1n) is 11.1. The van der Waals surface area contributed by atoms with Gasteiger partial charge >= 0.3 is 6.18 Å². The van der Waals surface area contributed by atoms with Crippen molar-refractivity contribution in [3.05, 3.63) is 65.1 Å². The molecule has 1 aliphatic rings. The number of amides is 1. The lowest BCUT2D eigenvalue weighted by Gasteiger charge is -2.30. The fourth-order valence-corrected chi connectivity index (χ4v) is 4.96. The van der Waals surface area contributed by atoms with E-state index in [2.05, 4.69) is 15.6 Å². The molecule has 5 rings (SSSR count). The minimum Gasteiger partial charge on any atom is -0.368 e. The summed E-state index contributed by atoms with van der Waals surface area (Å²) in [6.45, 7) is 0. The summed E-state index contributed by atoms with van der Waals surface area (Å²) in [6.07, 6.45) is 1.38. The van der Waals surface area contributed by atoms with E-state index in [4.69, 9.17) is 11.6 Å². The first kappa shape index (κ1) is 22.6. The summed E-state index contributed by atoms with van der Waals surface area (Å²) in [7, 11) is 1.88. The third-order valence-corrected chi connectivity index (χ3v) is 6.72. The van der Waals surface area contributed by atoms with Gasteiger partial charge in [0.2, 0.25) is 0 Å². The van der Waals surface area contributed by atoms with E-state index in [9.17, 15) is 18.0 Å². The molecule has 10 heteroatoms. The lowest BCUT2D eigenvalue weighted by Crippen LogP contribution is -2.40. The number of aryl methyl sites for hydroxylation is 1. The normalized spacial score (nSPS) is 19.0. The number of imidazole rings is 1. The third kappa shape index (κ3) is 4.20. The van der Waals surface area contributed by atoms with Crippen molar-refractivity contribution in [2.45, 2.75) is 43.9 Å². The summed E-state index contributed by atoms with van der Waals surface area (Å²) >= 11 is 6.36. The van der Waals surface area contributed by atoms with E-state index in [1.54, 1.807) is 30.5 Å². The van der Waals surface area contributed by atoms with Crippen molar-refractivity contribution in [1.29, 1.82) is 0 Å². The van der Waals surface area contributed by atoms with Crippen LogP contribution < -0.4 is 10.6 Å². The molecule has 34 heavy (non-hydrogen) atoms. The Labute approximate surface area is 198 Å². The van der Waals surface area contributed by atoms with Gasteiger partial charge in [-0.15, -0.1) is 0 Å². The Hall–Kier alpha value is -3.20. The molecule has 1 aromatic carbocycles. The fourth-order valence-electron chi connectivity index (χ4n) is 4.69. The number of pyridine rings is 1. The van der Waals surface area contributed by atoms with E-state index in [0.717, 1.165) is 42.8 Å². The van der Waals surface area contributed by atoms with Crippen molar-refractivity contribution in [3.8, 4) is 0 Å². The van der Waals surface area contributed by atoms with E-state index >= 15 is 0 Å². The van der Waals surface area contributed by atoms with Crippen molar-refractivity contribution in [2.75, 3.05) is 5.32 Å². The summed E-state index contributed by atoms with van der Waals surface area (Å²) in [6, 6.07) is 10.6. The highest BCUT2D eigenvalue weighted by Crippen LogP contribution is 2.31. The van der Waals surface area contributed by atoms with Crippen molar-refractivity contribution >= 4 is 39.9 Å². The van der Waals surface area contributed by atoms with Gasteiger partial charge in [-0.05, 0) is 49.9 Å². The molecule has 1 fully saturated rings. The number of benzene rings is 1. The third-order valence-electron chi connectivity index (χ3n) is 6.41. The molecule has 0 unspecified atom stereocenters. The topological polar surface area (TPSA) is 63.4 Å². The number of nitrogens with zero attached hydrogens (tertiary/aromatic N) is 3. The van der Waals surface area contributed by atoms with Crippen LogP contribution in [0.2, 0.25) is 5.02 Å². The van der Waals surface area contributed by atoms with Crippen LogP contribution in [0.1, 0.15) is 41.7 Å². The van der Waals surface area contributed by atoms with E-state index < -0.39 is 11.9 Å². The van der Waals surface area contributed by atoms with Gasteiger partial charge in [-0.2, -0.15) is 13.2 Å². The highest BCUT2D eigenvalue weighted by molar-refractivity contribution is 6.36. The number of carbonyl (C=O) groups is 1. The Morgan fingerprint density at radius 1 is 1.06 bits per heavy atom. The molecule has 3 heterocycles. The smallest absolute Gasteiger partial charge is 0.368 e. The van der Waals surface area contributed by atoms with Gasteiger partial charge in [-0.1, -0.05) is 23.7 Å². The molecule has 3 aromatic heterocycles. The maximum atomic E-state index is 13.1. The van der Waals surface area contributed by atoms with Crippen molar-refractivity contribution < 1.29 is 18.0 Å². The zero-order valence-corrected chi connectivity index (χ0v) is 19.1. The van der Waals surface area contributed by atoms with E-state index in [1.807, 2.05) is 23.7 Å². The Bertz CT molecular complexity index is 1370. The molecule has 1 aliphatic carbocycles. The van der Waals surface area contributed by atoms with E-state index in [-0.39, 0.29) is 23.6 Å². The predicted molar refractivity (Wildman–Crippen MR) is 125 cm³/mol. The number of nitrogens with one attached hydrogen (secondary N) is 2. The van der Waals surface area contributed by atoms with Crippen LogP contribution in [0.4, 0.5) is 19.0 Å². The number of fused-ring (bicyclic) bond motifs is 2. The number of alkyl halides is 3. The standard InChI is InChI=1S/C24H23ClF3N5O/c1-32-12-16(22-17(25)4-2-5-18(22)32)23(34)30-15-10-8-14(9-11-15)29-20-6-3-7-21-31-19(13-33(20)21)24(26,27)28/h2-7,12-15,29H,8-11H2,1H3,(H,30,34). The predicted octanol–water partition coefficient (Wildman–Crippen LogP) is 5.65. The number of halogens is 4. The Morgan fingerprint density at radius 3 is 2.50 bits per heavy atom. The van der Waals surface area contributed by atoms with Gasteiger partial charge < -0.3 is 15.2 Å². The Morgan fingerprint density at radius 2 is 1.76 bits per heavy atom. The summed E-state index contributed by atoms with van der Waals surface area (Å²) in [5, 5.41) is 7.76. The molecule has 1 amide bonds. The average Bonchev–Trinajstić information content (AvgIpc) is 3.38. The maximum Gasteiger partial charge on any atom is 0.434 e. The van der Waals surface area contributed by atoms with Crippen LogP contribution in [0.3, 0.4) is 0 Å². The molecule has 2 N–H and O–H groups in total. The SMILES string of the molecule is Cn1cc(C(=O)NC2CCC(Nc3cccc4nc(C(F)(F)F)cn34)CC2)c2c(Cl)cccc21. The van der Waals surface area contributed by atoms with Gasteiger partial charge in [0.05, 0.1) is 16.1 Å². The number of anilines is 1. The van der Waals surface area contributed by atoms with Crippen molar-refractivity contribution in [3.63, 3.8) is 0 Å². The molecule has 1 saturated carbocycles. The zero-order chi connectivity index (χ0) is 24.0. The monoisotopic (exact) mass is 489 g/mol. The van der Waals surface area contributed by atoms with Crippen LogP contribution in [0, 0.1) is 0 Å². The van der Waals surface area contributed by atoms with Gasteiger partial charge in [0, 0.05) is 36.9 Å². The second-order valence-corrected chi connectivity index (χ2v) is 9.12.